The standard InChI is InChI=1S/C8H12F3NOS/c9-8(10,11)5-12-7(14)6-1-3-13-4-2-6/h6H,1-5H2,(H,12,14). The topological polar surface area (TPSA) is 21.3 Å². The van der Waals surface area contributed by atoms with Crippen LogP contribution in [0.2, 0.25) is 0 Å². The summed E-state index contributed by atoms with van der Waals surface area (Å²) in [4.78, 5) is 0.311. The largest absolute Gasteiger partial charge is 0.405 e. The van der Waals surface area contributed by atoms with Crippen LogP contribution in [0.5, 0.6) is 0 Å². The summed E-state index contributed by atoms with van der Waals surface area (Å²) in [5.41, 5.74) is 0. The molecule has 0 saturated carbocycles. The van der Waals surface area contributed by atoms with Gasteiger partial charge in [0, 0.05) is 19.1 Å². The Morgan fingerprint density at radius 2 is 1.93 bits per heavy atom. The molecule has 82 valence electrons. The van der Waals surface area contributed by atoms with Crippen LogP contribution in [0.1, 0.15) is 12.8 Å². The lowest BCUT2D eigenvalue weighted by atomic mass is 10.0. The summed E-state index contributed by atoms with van der Waals surface area (Å²) < 4.78 is 40.6. The van der Waals surface area contributed by atoms with Crippen LogP contribution in [0.4, 0.5) is 13.2 Å². The molecule has 0 amide bonds. The van der Waals surface area contributed by atoms with Crippen LogP contribution in [0.25, 0.3) is 0 Å². The van der Waals surface area contributed by atoms with E-state index in [1.54, 1.807) is 0 Å². The van der Waals surface area contributed by atoms with Crippen molar-refractivity contribution in [1.82, 2.24) is 5.32 Å². The van der Waals surface area contributed by atoms with Crippen LogP contribution in [0.15, 0.2) is 0 Å². The molecule has 0 aromatic rings. The van der Waals surface area contributed by atoms with Gasteiger partial charge in [-0.15, -0.1) is 0 Å². The van der Waals surface area contributed by atoms with Crippen molar-refractivity contribution in [2.45, 2.75) is 19.0 Å². The first kappa shape index (κ1) is 11.7. The highest BCUT2D eigenvalue weighted by atomic mass is 32.1. The first-order chi connectivity index (χ1) is 6.49. The Balaban J connectivity index is 2.27. The SMILES string of the molecule is FC(F)(F)CNC(=S)C1CCOCC1. The minimum Gasteiger partial charge on any atom is -0.381 e. The fraction of sp³-hybridized carbons (Fsp3) is 0.875. The second kappa shape index (κ2) is 4.93. The summed E-state index contributed by atoms with van der Waals surface area (Å²) in [6.07, 6.45) is -2.78. The van der Waals surface area contributed by atoms with Crippen molar-refractivity contribution in [1.29, 1.82) is 0 Å². The molecule has 1 heterocycles. The summed E-state index contributed by atoms with van der Waals surface area (Å²) in [5.74, 6) is 0.0427. The molecule has 1 N–H and O–H groups in total. The lowest BCUT2D eigenvalue weighted by Crippen LogP contribution is -2.38. The van der Waals surface area contributed by atoms with E-state index < -0.39 is 12.7 Å². The lowest BCUT2D eigenvalue weighted by molar-refractivity contribution is -0.122. The summed E-state index contributed by atoms with van der Waals surface area (Å²) >= 11 is 4.88. The zero-order valence-corrected chi connectivity index (χ0v) is 8.38. The summed E-state index contributed by atoms with van der Waals surface area (Å²) in [5, 5.41) is 2.24. The van der Waals surface area contributed by atoms with Crippen molar-refractivity contribution in [3.8, 4) is 0 Å². The average Bonchev–Trinajstić information content (AvgIpc) is 2.14. The van der Waals surface area contributed by atoms with Gasteiger partial charge >= 0.3 is 6.18 Å². The zero-order valence-electron chi connectivity index (χ0n) is 7.56. The molecular weight excluding hydrogens is 215 g/mol. The first-order valence-corrected chi connectivity index (χ1v) is 4.82. The van der Waals surface area contributed by atoms with E-state index in [1.165, 1.54) is 0 Å². The highest BCUT2D eigenvalue weighted by Gasteiger charge is 2.28. The molecule has 1 rings (SSSR count). The van der Waals surface area contributed by atoms with Crippen LogP contribution >= 0.6 is 12.2 Å². The molecule has 0 aromatic carbocycles. The van der Waals surface area contributed by atoms with Gasteiger partial charge in [0.2, 0.25) is 0 Å². The number of hydrogen-bond acceptors (Lipinski definition) is 2. The molecule has 0 radical (unpaired) electrons. The number of ether oxygens (including phenoxy) is 1. The maximum absolute atomic E-state index is 11.8. The molecule has 1 aliphatic rings. The van der Waals surface area contributed by atoms with Gasteiger partial charge in [-0.3, -0.25) is 0 Å². The van der Waals surface area contributed by atoms with Crippen molar-refractivity contribution < 1.29 is 17.9 Å². The monoisotopic (exact) mass is 227 g/mol. The Morgan fingerprint density at radius 3 is 2.43 bits per heavy atom. The lowest BCUT2D eigenvalue weighted by Gasteiger charge is -2.23. The van der Waals surface area contributed by atoms with Crippen LogP contribution in [0.3, 0.4) is 0 Å². The van der Waals surface area contributed by atoms with Gasteiger partial charge in [0.05, 0.1) is 4.99 Å². The Hall–Kier alpha value is -0.360. The fourth-order valence-corrected chi connectivity index (χ4v) is 1.60. The van der Waals surface area contributed by atoms with E-state index in [0.717, 1.165) is 0 Å². The molecule has 0 unspecified atom stereocenters. The van der Waals surface area contributed by atoms with Gasteiger partial charge in [0.1, 0.15) is 6.54 Å². The summed E-state index contributed by atoms with van der Waals surface area (Å²) in [7, 11) is 0. The average molecular weight is 227 g/mol. The number of rotatable bonds is 2. The van der Waals surface area contributed by atoms with Crippen LogP contribution in [-0.4, -0.2) is 30.9 Å². The van der Waals surface area contributed by atoms with Crippen LogP contribution in [-0.2, 0) is 4.74 Å². The van der Waals surface area contributed by atoms with E-state index in [9.17, 15) is 13.2 Å². The summed E-state index contributed by atoms with van der Waals surface area (Å²) in [6, 6.07) is 0. The molecule has 0 aliphatic carbocycles. The van der Waals surface area contributed by atoms with E-state index >= 15 is 0 Å². The van der Waals surface area contributed by atoms with E-state index in [0.29, 0.717) is 31.0 Å². The third-order valence-corrected chi connectivity index (χ3v) is 2.53. The first-order valence-electron chi connectivity index (χ1n) is 4.41. The van der Waals surface area contributed by atoms with Gasteiger partial charge in [-0.1, -0.05) is 12.2 Å². The quantitative estimate of drug-likeness (QED) is 0.728. The van der Waals surface area contributed by atoms with E-state index in [2.05, 4.69) is 5.32 Å². The van der Waals surface area contributed by atoms with Gasteiger partial charge in [-0.25, -0.2) is 0 Å². The van der Waals surface area contributed by atoms with Gasteiger partial charge in [-0.05, 0) is 12.8 Å². The molecule has 0 bridgehead atoms. The fourth-order valence-electron chi connectivity index (χ4n) is 1.29. The third-order valence-electron chi connectivity index (χ3n) is 2.06. The number of thiocarbonyl (C=S) groups is 1. The van der Waals surface area contributed by atoms with E-state index in [-0.39, 0.29) is 5.92 Å². The van der Waals surface area contributed by atoms with Crippen LogP contribution in [0, 0.1) is 5.92 Å². The van der Waals surface area contributed by atoms with Gasteiger partial charge in [0.15, 0.2) is 0 Å². The number of halogens is 3. The zero-order chi connectivity index (χ0) is 10.6. The van der Waals surface area contributed by atoms with Crippen molar-refractivity contribution in [2.75, 3.05) is 19.8 Å². The molecular formula is C8H12F3NOS. The van der Waals surface area contributed by atoms with Crippen LogP contribution < -0.4 is 5.32 Å². The van der Waals surface area contributed by atoms with Gasteiger partial charge < -0.3 is 10.1 Å². The molecule has 1 fully saturated rings. The normalized spacial score (nSPS) is 19.4. The maximum atomic E-state index is 11.8. The molecule has 1 aliphatic heterocycles. The molecule has 0 atom stereocenters. The highest BCUT2D eigenvalue weighted by molar-refractivity contribution is 7.80. The number of hydrogen-bond donors (Lipinski definition) is 1. The third kappa shape index (κ3) is 4.23. The second-order valence-corrected chi connectivity index (χ2v) is 3.66. The van der Waals surface area contributed by atoms with E-state index in [1.807, 2.05) is 0 Å². The molecule has 0 spiro atoms. The minimum absolute atomic E-state index is 0.0427. The molecule has 0 aromatic heterocycles. The summed E-state index contributed by atoms with van der Waals surface area (Å²) in [6.45, 7) is 0.125. The van der Waals surface area contributed by atoms with Crippen molar-refractivity contribution in [3.05, 3.63) is 0 Å². The Labute approximate surface area is 85.8 Å². The Kier molecular flexibility index (Phi) is 4.12. The van der Waals surface area contributed by atoms with Crippen molar-refractivity contribution in [2.24, 2.45) is 5.92 Å². The molecule has 6 heteroatoms. The van der Waals surface area contributed by atoms with E-state index in [4.69, 9.17) is 17.0 Å². The number of alkyl halides is 3. The molecule has 1 saturated heterocycles. The second-order valence-electron chi connectivity index (χ2n) is 3.22. The predicted molar refractivity (Wildman–Crippen MR) is 50.2 cm³/mol. The van der Waals surface area contributed by atoms with Gasteiger partial charge in [-0.2, -0.15) is 13.2 Å². The van der Waals surface area contributed by atoms with Gasteiger partial charge in [0.25, 0.3) is 0 Å². The minimum atomic E-state index is -4.20. The maximum Gasteiger partial charge on any atom is 0.405 e. The van der Waals surface area contributed by atoms with Crippen molar-refractivity contribution >= 4 is 17.2 Å². The molecule has 14 heavy (non-hydrogen) atoms. The predicted octanol–water partition coefficient (Wildman–Crippen LogP) is 1.89. The Morgan fingerprint density at radius 1 is 1.36 bits per heavy atom. The molecule has 2 nitrogen and oxygen atoms in total. The number of nitrogens with one attached hydrogen (secondary N) is 1. The van der Waals surface area contributed by atoms with Crippen molar-refractivity contribution in [3.63, 3.8) is 0 Å². The highest BCUT2D eigenvalue weighted by Crippen LogP contribution is 2.17. The smallest absolute Gasteiger partial charge is 0.381 e. The Bertz CT molecular complexity index is 201.